The van der Waals surface area contributed by atoms with Gasteiger partial charge in [0, 0.05) is 25.2 Å². The maximum Gasteiger partial charge on any atom is 0.195 e. The molecule has 2 aromatic rings. The van der Waals surface area contributed by atoms with Gasteiger partial charge in [-0.05, 0) is 6.92 Å². The summed E-state index contributed by atoms with van der Waals surface area (Å²) in [6.07, 6.45) is 1.89. The van der Waals surface area contributed by atoms with E-state index in [2.05, 4.69) is 11.1 Å². The van der Waals surface area contributed by atoms with Crippen LogP contribution in [0.2, 0.25) is 0 Å². The zero-order valence-electron chi connectivity index (χ0n) is 9.79. The van der Waals surface area contributed by atoms with Crippen LogP contribution in [0.3, 0.4) is 0 Å². The van der Waals surface area contributed by atoms with E-state index in [-0.39, 0.29) is 12.5 Å². The molecule has 0 amide bonds. The van der Waals surface area contributed by atoms with Gasteiger partial charge in [-0.3, -0.25) is 4.40 Å². The first-order valence-corrected chi connectivity index (χ1v) is 6.21. The van der Waals surface area contributed by atoms with Crippen molar-refractivity contribution in [2.24, 2.45) is 5.92 Å². The molecule has 0 aliphatic heterocycles. The molecule has 0 bridgehead atoms. The van der Waals surface area contributed by atoms with Crippen LogP contribution in [0, 0.1) is 17.2 Å². The number of nitriles is 1. The average Bonchev–Trinajstić information content (AvgIpc) is 2.87. The van der Waals surface area contributed by atoms with E-state index in [9.17, 15) is 5.11 Å². The second kappa shape index (κ2) is 4.73. The van der Waals surface area contributed by atoms with E-state index >= 15 is 0 Å². The van der Waals surface area contributed by atoms with Crippen LogP contribution in [0.4, 0.5) is 5.82 Å². The summed E-state index contributed by atoms with van der Waals surface area (Å²) < 4.78 is 1.88. The lowest BCUT2D eigenvalue weighted by Crippen LogP contribution is -2.24. The molecule has 0 spiro atoms. The molecule has 0 aliphatic rings. The lowest BCUT2D eigenvalue weighted by atomic mass is 10.2. The van der Waals surface area contributed by atoms with Crippen LogP contribution in [0.1, 0.15) is 12.6 Å². The Morgan fingerprint density at radius 1 is 1.71 bits per heavy atom. The summed E-state index contributed by atoms with van der Waals surface area (Å²) >= 11 is 1.53. The molecule has 0 aromatic carbocycles. The van der Waals surface area contributed by atoms with Gasteiger partial charge in [0.15, 0.2) is 10.8 Å². The summed E-state index contributed by atoms with van der Waals surface area (Å²) in [6, 6.07) is 2.19. The SMILES string of the molecule is CC(C#N)CN(C)c1nc2sccn2c1CO. The third-order valence-electron chi connectivity index (χ3n) is 2.62. The molecule has 0 radical (unpaired) electrons. The number of rotatable bonds is 4. The maximum atomic E-state index is 9.42. The molecular weight excluding hydrogens is 236 g/mol. The van der Waals surface area contributed by atoms with Crippen molar-refractivity contribution < 1.29 is 5.11 Å². The molecule has 0 saturated heterocycles. The van der Waals surface area contributed by atoms with E-state index in [0.29, 0.717) is 6.54 Å². The summed E-state index contributed by atoms with van der Waals surface area (Å²) in [4.78, 5) is 7.25. The molecule has 90 valence electrons. The minimum absolute atomic E-state index is 0.0570. The number of hydrogen-bond donors (Lipinski definition) is 1. The highest BCUT2D eigenvalue weighted by molar-refractivity contribution is 7.15. The van der Waals surface area contributed by atoms with Crippen molar-refractivity contribution in [3.05, 3.63) is 17.3 Å². The molecule has 1 N–H and O–H groups in total. The van der Waals surface area contributed by atoms with Crippen LogP contribution >= 0.6 is 11.3 Å². The van der Waals surface area contributed by atoms with Crippen LogP contribution in [0.25, 0.3) is 4.96 Å². The lowest BCUT2D eigenvalue weighted by Gasteiger charge is -2.18. The number of anilines is 1. The fourth-order valence-electron chi connectivity index (χ4n) is 1.81. The highest BCUT2D eigenvalue weighted by atomic mass is 32.1. The molecule has 0 fully saturated rings. The maximum absolute atomic E-state index is 9.42. The minimum Gasteiger partial charge on any atom is -0.390 e. The quantitative estimate of drug-likeness (QED) is 0.892. The third kappa shape index (κ3) is 2.12. The molecule has 2 rings (SSSR count). The second-order valence-corrected chi connectivity index (χ2v) is 4.88. The number of thiazole rings is 1. The van der Waals surface area contributed by atoms with Crippen molar-refractivity contribution in [2.75, 3.05) is 18.5 Å². The van der Waals surface area contributed by atoms with Crippen molar-refractivity contribution in [1.82, 2.24) is 9.38 Å². The van der Waals surface area contributed by atoms with E-state index in [1.165, 1.54) is 11.3 Å². The van der Waals surface area contributed by atoms with Crippen molar-refractivity contribution in [1.29, 1.82) is 5.26 Å². The van der Waals surface area contributed by atoms with Gasteiger partial charge in [-0.25, -0.2) is 4.98 Å². The fourth-order valence-corrected chi connectivity index (χ4v) is 2.54. The molecule has 0 aliphatic carbocycles. The highest BCUT2D eigenvalue weighted by Gasteiger charge is 2.17. The van der Waals surface area contributed by atoms with E-state index in [4.69, 9.17) is 5.26 Å². The van der Waals surface area contributed by atoms with Crippen LogP contribution in [0.5, 0.6) is 0 Å². The molecule has 1 atom stereocenters. The molecule has 6 heteroatoms. The topological polar surface area (TPSA) is 64.6 Å². The smallest absolute Gasteiger partial charge is 0.195 e. The van der Waals surface area contributed by atoms with Crippen molar-refractivity contribution >= 4 is 22.1 Å². The number of aliphatic hydroxyl groups excluding tert-OH is 1. The Hall–Kier alpha value is -1.58. The Labute approximate surface area is 104 Å². The zero-order chi connectivity index (χ0) is 12.4. The van der Waals surface area contributed by atoms with Crippen molar-refractivity contribution in [3.63, 3.8) is 0 Å². The summed E-state index contributed by atoms with van der Waals surface area (Å²) in [5.41, 5.74) is 0.772. The van der Waals surface area contributed by atoms with E-state index in [0.717, 1.165) is 16.5 Å². The second-order valence-electron chi connectivity index (χ2n) is 4.01. The van der Waals surface area contributed by atoms with Crippen LogP contribution in [-0.2, 0) is 6.61 Å². The Balaban J connectivity index is 2.34. The molecular formula is C11H14N4OS. The fraction of sp³-hybridized carbons (Fsp3) is 0.455. The summed E-state index contributed by atoms with van der Waals surface area (Å²) in [5, 5.41) is 20.2. The first-order chi connectivity index (χ1) is 8.17. The molecule has 17 heavy (non-hydrogen) atoms. The molecule has 0 saturated carbocycles. The first kappa shape index (κ1) is 11.9. The number of fused-ring (bicyclic) bond motifs is 1. The third-order valence-corrected chi connectivity index (χ3v) is 3.38. The number of aliphatic hydroxyl groups is 1. The summed E-state index contributed by atoms with van der Waals surface area (Å²) in [7, 11) is 1.89. The molecule has 2 aromatic heterocycles. The Morgan fingerprint density at radius 3 is 3.12 bits per heavy atom. The van der Waals surface area contributed by atoms with Gasteiger partial charge in [0.2, 0.25) is 0 Å². The van der Waals surface area contributed by atoms with Gasteiger partial charge in [0.05, 0.1) is 24.3 Å². The molecule has 1 unspecified atom stereocenters. The number of hydrogen-bond acceptors (Lipinski definition) is 5. The van der Waals surface area contributed by atoms with Crippen molar-refractivity contribution in [2.45, 2.75) is 13.5 Å². The standard InChI is InChI=1S/C11H14N4OS/c1-8(5-12)6-14(2)10-9(7-16)15-3-4-17-11(15)13-10/h3-4,8,16H,6-7H2,1-2H3. The Morgan fingerprint density at radius 2 is 2.47 bits per heavy atom. The average molecular weight is 250 g/mol. The number of nitrogens with zero attached hydrogens (tertiary/aromatic N) is 4. The van der Waals surface area contributed by atoms with Gasteiger partial charge in [0.25, 0.3) is 0 Å². The monoisotopic (exact) mass is 250 g/mol. The number of imidazole rings is 1. The van der Waals surface area contributed by atoms with Crippen LogP contribution in [-0.4, -0.2) is 28.1 Å². The lowest BCUT2D eigenvalue weighted by molar-refractivity contribution is 0.276. The van der Waals surface area contributed by atoms with E-state index in [1.807, 2.05) is 34.8 Å². The predicted molar refractivity (Wildman–Crippen MR) is 67.0 cm³/mol. The van der Waals surface area contributed by atoms with Gasteiger partial charge in [-0.15, -0.1) is 11.3 Å². The van der Waals surface area contributed by atoms with Gasteiger partial charge in [0.1, 0.15) is 0 Å². The van der Waals surface area contributed by atoms with Crippen LogP contribution in [0.15, 0.2) is 11.6 Å². The molecule has 5 nitrogen and oxygen atoms in total. The predicted octanol–water partition coefficient (Wildman–Crippen LogP) is 1.48. The number of aromatic nitrogens is 2. The largest absolute Gasteiger partial charge is 0.390 e. The first-order valence-electron chi connectivity index (χ1n) is 5.33. The van der Waals surface area contributed by atoms with E-state index in [1.54, 1.807) is 0 Å². The normalized spacial score (nSPS) is 12.6. The van der Waals surface area contributed by atoms with Gasteiger partial charge in [-0.2, -0.15) is 5.26 Å². The Kier molecular flexibility index (Phi) is 3.31. The highest BCUT2D eigenvalue weighted by Crippen LogP contribution is 2.24. The van der Waals surface area contributed by atoms with Gasteiger partial charge < -0.3 is 10.0 Å². The van der Waals surface area contributed by atoms with E-state index < -0.39 is 0 Å². The van der Waals surface area contributed by atoms with Gasteiger partial charge >= 0.3 is 0 Å². The van der Waals surface area contributed by atoms with Crippen molar-refractivity contribution in [3.8, 4) is 6.07 Å². The Bertz CT molecular complexity index is 553. The summed E-state index contributed by atoms with van der Waals surface area (Å²) in [6.45, 7) is 2.42. The van der Waals surface area contributed by atoms with Crippen LogP contribution < -0.4 is 4.90 Å². The van der Waals surface area contributed by atoms with Gasteiger partial charge in [-0.1, -0.05) is 0 Å². The zero-order valence-corrected chi connectivity index (χ0v) is 10.6. The summed E-state index contributed by atoms with van der Waals surface area (Å²) in [5.74, 6) is 0.688. The molecule has 2 heterocycles. The minimum atomic E-state index is -0.0636.